The maximum Gasteiger partial charge on any atom is 0.233 e. The fraction of sp³-hybridized carbons (Fsp3) is 0.0588. The van der Waals surface area contributed by atoms with E-state index in [2.05, 4.69) is 84.8 Å². The van der Waals surface area contributed by atoms with Gasteiger partial charge in [0.1, 0.15) is 0 Å². The maximum absolute atomic E-state index is 5.12. The van der Waals surface area contributed by atoms with Gasteiger partial charge in [-0.2, -0.15) is 15.0 Å². The summed E-state index contributed by atoms with van der Waals surface area (Å²) in [6.45, 7) is 0. The molecule has 3 heterocycles. The summed E-state index contributed by atoms with van der Waals surface area (Å²) in [7, 11) is 0. The topological polar surface area (TPSA) is 87.1 Å². The molecule has 1 aliphatic heterocycles. The average molecular weight is 598 g/mol. The van der Waals surface area contributed by atoms with Crippen LogP contribution in [-0.2, 0) is 0 Å². The predicted octanol–water partition coefficient (Wildman–Crippen LogP) is 9.52. The van der Waals surface area contributed by atoms with Crippen molar-refractivity contribution in [2.24, 2.45) is 4.99 Å². The summed E-state index contributed by atoms with van der Waals surface area (Å²) in [5.41, 5.74) is 5.83. The largest absolute Gasteiger partial charge is 0.324 e. The molecule has 210 valence electrons. The van der Waals surface area contributed by atoms with Crippen LogP contribution in [0.15, 0.2) is 137 Å². The van der Waals surface area contributed by atoms with E-state index in [4.69, 9.17) is 4.99 Å². The van der Waals surface area contributed by atoms with E-state index in [1.807, 2.05) is 84.6 Å². The molecule has 6 aromatic rings. The van der Waals surface area contributed by atoms with E-state index in [1.54, 1.807) is 11.3 Å². The number of hydrogen-bond donors (Lipinski definition) is 3. The molecule has 0 saturated carbocycles. The molecule has 43 heavy (non-hydrogen) atoms. The van der Waals surface area contributed by atoms with Crippen LogP contribution in [0.25, 0.3) is 0 Å². The van der Waals surface area contributed by atoms with Crippen LogP contribution in [-0.4, -0.2) is 20.7 Å². The number of aliphatic imine (C=N–C) groups is 1. The van der Waals surface area contributed by atoms with Gasteiger partial charge in [-0.15, -0.1) is 23.1 Å². The zero-order valence-electron chi connectivity index (χ0n) is 23.0. The average Bonchev–Trinajstić information content (AvgIpc) is 3.50. The molecule has 7 rings (SSSR count). The van der Waals surface area contributed by atoms with Crippen LogP contribution in [0.2, 0.25) is 0 Å². The Labute approximate surface area is 258 Å². The number of rotatable bonds is 8. The Bertz CT molecular complexity index is 1780. The molecule has 0 spiro atoms. The van der Waals surface area contributed by atoms with Crippen molar-refractivity contribution in [3.05, 3.63) is 137 Å². The summed E-state index contributed by atoms with van der Waals surface area (Å²) in [5.74, 6) is 1.29. The molecule has 2 aromatic heterocycles. The first-order valence-electron chi connectivity index (χ1n) is 13.9. The monoisotopic (exact) mass is 597 g/mol. The van der Waals surface area contributed by atoms with Crippen molar-refractivity contribution in [1.29, 1.82) is 0 Å². The normalized spacial score (nSPS) is 14.2. The molecule has 0 radical (unpaired) electrons. The van der Waals surface area contributed by atoms with Crippen LogP contribution < -0.4 is 16.0 Å². The number of thiophene rings is 1. The van der Waals surface area contributed by atoms with Gasteiger partial charge in [0.25, 0.3) is 0 Å². The molecule has 1 unspecified atom stereocenters. The minimum Gasteiger partial charge on any atom is -0.324 e. The quantitative estimate of drug-likeness (QED) is 0.161. The number of nitrogens with zero attached hydrogens (tertiary/aromatic N) is 4. The van der Waals surface area contributed by atoms with Crippen LogP contribution in [0.1, 0.15) is 22.1 Å². The predicted molar refractivity (Wildman–Crippen MR) is 179 cm³/mol. The smallest absolute Gasteiger partial charge is 0.233 e. The second kappa shape index (κ2) is 12.5. The molecule has 0 saturated heterocycles. The van der Waals surface area contributed by atoms with Crippen molar-refractivity contribution in [1.82, 2.24) is 15.0 Å². The van der Waals surface area contributed by atoms with Crippen LogP contribution in [0, 0.1) is 0 Å². The molecular formula is C34H27N7S2. The summed E-state index contributed by atoms with van der Waals surface area (Å²) in [6, 6.07) is 40.7. The Balaban J connectivity index is 1.15. The fourth-order valence-electron chi connectivity index (χ4n) is 4.75. The second-order valence-electron chi connectivity index (χ2n) is 9.84. The number of benzene rings is 4. The van der Waals surface area contributed by atoms with Gasteiger partial charge in [-0.1, -0.05) is 66.7 Å². The lowest BCUT2D eigenvalue weighted by Gasteiger charge is -2.14. The summed E-state index contributed by atoms with van der Waals surface area (Å²) >= 11 is 3.69. The summed E-state index contributed by atoms with van der Waals surface area (Å²) < 4.78 is 0. The van der Waals surface area contributed by atoms with Crippen molar-refractivity contribution < 1.29 is 0 Å². The molecule has 0 aliphatic carbocycles. The minimum atomic E-state index is 0.316. The Morgan fingerprint density at radius 2 is 1.12 bits per heavy atom. The van der Waals surface area contributed by atoms with Crippen LogP contribution in [0.3, 0.4) is 0 Å². The molecule has 9 heteroatoms. The van der Waals surface area contributed by atoms with Gasteiger partial charge >= 0.3 is 0 Å². The number of anilines is 6. The zero-order valence-corrected chi connectivity index (χ0v) is 24.6. The van der Waals surface area contributed by atoms with Crippen molar-refractivity contribution >= 4 is 69.4 Å². The molecule has 1 atom stereocenters. The third-order valence-electron chi connectivity index (χ3n) is 6.80. The molecule has 0 amide bonds. The van der Waals surface area contributed by atoms with Gasteiger partial charge in [0, 0.05) is 44.2 Å². The Morgan fingerprint density at radius 3 is 1.70 bits per heavy atom. The SMILES string of the molecule is c1ccc(Nc2nc(Nc3ccccc3)nc(Nc3ccc(C4=Nc5ccccc5SC(c5cccs5)C4)cc3)n2)cc1. The molecule has 1 aliphatic rings. The van der Waals surface area contributed by atoms with Crippen LogP contribution >= 0.6 is 23.1 Å². The van der Waals surface area contributed by atoms with Crippen molar-refractivity contribution in [3.63, 3.8) is 0 Å². The first-order chi connectivity index (χ1) is 21.2. The summed E-state index contributed by atoms with van der Waals surface area (Å²) in [5, 5.41) is 12.4. The highest BCUT2D eigenvalue weighted by atomic mass is 32.2. The van der Waals surface area contributed by atoms with Crippen molar-refractivity contribution in [2.45, 2.75) is 16.6 Å². The lowest BCUT2D eigenvalue weighted by Crippen LogP contribution is -2.08. The van der Waals surface area contributed by atoms with E-state index in [0.29, 0.717) is 23.1 Å². The van der Waals surface area contributed by atoms with Gasteiger partial charge in [-0.3, -0.25) is 4.99 Å². The van der Waals surface area contributed by atoms with Gasteiger partial charge in [0.15, 0.2) is 0 Å². The van der Waals surface area contributed by atoms with Gasteiger partial charge in [0.05, 0.1) is 5.69 Å². The first kappa shape index (κ1) is 26.9. The highest BCUT2D eigenvalue weighted by Gasteiger charge is 2.23. The Hall–Kier alpha value is -4.99. The van der Waals surface area contributed by atoms with Crippen LogP contribution in [0.4, 0.5) is 40.6 Å². The molecular weight excluding hydrogens is 571 g/mol. The van der Waals surface area contributed by atoms with E-state index >= 15 is 0 Å². The van der Waals surface area contributed by atoms with Crippen molar-refractivity contribution in [3.8, 4) is 0 Å². The number of hydrogen-bond acceptors (Lipinski definition) is 9. The van der Waals surface area contributed by atoms with Gasteiger partial charge in [-0.05, 0) is 65.5 Å². The first-order valence-corrected chi connectivity index (χ1v) is 15.7. The second-order valence-corrected chi connectivity index (χ2v) is 12.1. The lowest BCUT2D eigenvalue weighted by molar-refractivity contribution is 1.04. The van der Waals surface area contributed by atoms with E-state index < -0.39 is 0 Å². The van der Waals surface area contributed by atoms with Gasteiger partial charge in [-0.25, -0.2) is 0 Å². The minimum absolute atomic E-state index is 0.316. The van der Waals surface area contributed by atoms with Gasteiger partial charge in [0.2, 0.25) is 17.8 Å². The lowest BCUT2D eigenvalue weighted by atomic mass is 10.0. The Morgan fingerprint density at radius 1 is 0.558 bits per heavy atom. The third kappa shape index (κ3) is 6.58. The van der Waals surface area contributed by atoms with E-state index in [9.17, 15) is 0 Å². The molecule has 0 fully saturated rings. The molecule has 0 bridgehead atoms. The number of aromatic nitrogens is 3. The van der Waals surface area contributed by atoms with E-state index in [0.717, 1.165) is 40.4 Å². The van der Waals surface area contributed by atoms with Gasteiger partial charge < -0.3 is 16.0 Å². The van der Waals surface area contributed by atoms with Crippen molar-refractivity contribution in [2.75, 3.05) is 16.0 Å². The Kier molecular flexibility index (Phi) is 7.80. The van der Waals surface area contributed by atoms with E-state index in [-0.39, 0.29) is 0 Å². The summed E-state index contributed by atoms with van der Waals surface area (Å²) in [4.78, 5) is 21.6. The zero-order chi connectivity index (χ0) is 28.8. The maximum atomic E-state index is 5.12. The number of fused-ring (bicyclic) bond motifs is 1. The summed E-state index contributed by atoms with van der Waals surface area (Å²) in [6.07, 6.45) is 0.850. The number of para-hydroxylation sites is 3. The van der Waals surface area contributed by atoms with Crippen LogP contribution in [0.5, 0.6) is 0 Å². The molecule has 3 N–H and O–H groups in total. The molecule has 4 aromatic carbocycles. The van der Waals surface area contributed by atoms with E-state index in [1.165, 1.54) is 9.77 Å². The molecule has 7 nitrogen and oxygen atoms in total. The standard InChI is InChI=1S/C34H27N7S2/c1-3-10-24(11-4-1)35-32-39-33(36-25-12-5-2-6-13-25)41-34(40-32)37-26-19-17-23(18-20-26)28-22-31(30-16-9-21-42-30)43-29-15-8-7-14-27(29)38-28/h1-21,31H,22H2,(H3,35,36,37,39,40,41). The fourth-order valence-corrected chi connectivity index (χ4v) is 6.90. The highest BCUT2D eigenvalue weighted by molar-refractivity contribution is 7.99. The highest BCUT2D eigenvalue weighted by Crippen LogP contribution is 2.46. The number of thioether (sulfide) groups is 1. The number of nitrogens with one attached hydrogen (secondary N) is 3. The third-order valence-corrected chi connectivity index (χ3v) is 9.24.